The largest absolute Gasteiger partial charge is 0.207 e. The van der Waals surface area contributed by atoms with Gasteiger partial charge in [-0.05, 0) is 84.0 Å². The van der Waals surface area contributed by atoms with Gasteiger partial charge in [0.1, 0.15) is 11.6 Å². The van der Waals surface area contributed by atoms with Crippen molar-refractivity contribution in [2.45, 2.75) is 51.4 Å². The highest BCUT2D eigenvalue weighted by molar-refractivity contribution is 5.66. The minimum Gasteiger partial charge on any atom is -0.207 e. The van der Waals surface area contributed by atoms with Crippen molar-refractivity contribution in [3.05, 3.63) is 93.8 Å². The van der Waals surface area contributed by atoms with Gasteiger partial charge >= 0.3 is 0 Å². The summed E-state index contributed by atoms with van der Waals surface area (Å²) in [6.45, 7) is 2.10. The highest BCUT2D eigenvalue weighted by Crippen LogP contribution is 2.38. The third-order valence-electron chi connectivity index (χ3n) is 6.17. The Labute approximate surface area is 178 Å². The van der Waals surface area contributed by atoms with Gasteiger partial charge < -0.3 is 0 Å². The van der Waals surface area contributed by atoms with E-state index < -0.39 is 23.3 Å². The molecule has 1 atom stereocenters. The Bertz CT molecular complexity index is 1100. The summed E-state index contributed by atoms with van der Waals surface area (Å²) in [6.07, 6.45) is 4.36. The maximum atomic E-state index is 15.2. The second-order valence-electron chi connectivity index (χ2n) is 8.22. The summed E-state index contributed by atoms with van der Waals surface area (Å²) < 4.78 is 70.3. The van der Waals surface area contributed by atoms with E-state index in [9.17, 15) is 17.6 Å². The average molecular weight is 430 g/mol. The minimum atomic E-state index is -1.58. The first-order valence-electron chi connectivity index (χ1n) is 10.6. The van der Waals surface area contributed by atoms with Gasteiger partial charge in [0.2, 0.25) is 0 Å². The molecule has 3 aromatic carbocycles. The smallest absolute Gasteiger partial charge is 0.194 e. The molecule has 0 amide bonds. The Morgan fingerprint density at radius 1 is 0.839 bits per heavy atom. The highest BCUT2D eigenvalue weighted by Gasteiger charge is 2.26. The first-order chi connectivity index (χ1) is 14.9. The van der Waals surface area contributed by atoms with Gasteiger partial charge in [-0.25, -0.2) is 22.0 Å². The number of unbranched alkanes of at least 4 members (excludes halogenated alkanes) is 1. The normalized spacial score (nSPS) is 15.7. The summed E-state index contributed by atoms with van der Waals surface area (Å²) in [7, 11) is 0. The molecule has 0 bridgehead atoms. The van der Waals surface area contributed by atoms with Crippen LogP contribution < -0.4 is 0 Å². The Kier molecular flexibility index (Phi) is 6.12. The summed E-state index contributed by atoms with van der Waals surface area (Å²) in [6, 6.07) is 10.2. The number of hydrogen-bond donors (Lipinski definition) is 0. The van der Waals surface area contributed by atoms with Crippen molar-refractivity contribution < 1.29 is 22.0 Å². The SMILES string of the molecule is CCCCc1ccc(C2CCc3c(ccc(-c4cc(F)c(F)c(F)c4)c3F)C2)c(F)c1. The molecule has 4 rings (SSSR count). The van der Waals surface area contributed by atoms with Crippen molar-refractivity contribution in [3.8, 4) is 11.1 Å². The quantitative estimate of drug-likeness (QED) is 0.288. The molecule has 0 nitrogen and oxygen atoms in total. The number of rotatable bonds is 5. The number of benzene rings is 3. The molecule has 0 saturated carbocycles. The monoisotopic (exact) mass is 430 g/mol. The molecular weight excluding hydrogens is 407 g/mol. The van der Waals surface area contributed by atoms with Crippen molar-refractivity contribution in [2.24, 2.45) is 0 Å². The fraction of sp³-hybridized carbons (Fsp3) is 0.308. The van der Waals surface area contributed by atoms with Crippen LogP contribution in [0.2, 0.25) is 0 Å². The number of halogens is 5. The standard InChI is InChI=1S/C26H23F5/c1-2-3-4-15-5-8-19(22(27)11-15)16-6-9-20-17(12-16)7-10-21(25(20)30)18-13-23(28)26(31)24(29)14-18/h5,7-8,10-11,13-14,16H,2-4,6,9,12H2,1H3. The van der Waals surface area contributed by atoms with Crippen molar-refractivity contribution >= 4 is 0 Å². The molecular formula is C26H23F5. The topological polar surface area (TPSA) is 0 Å². The van der Waals surface area contributed by atoms with E-state index in [1.54, 1.807) is 12.1 Å². The van der Waals surface area contributed by atoms with E-state index in [1.165, 1.54) is 6.07 Å². The molecule has 0 heterocycles. The predicted octanol–water partition coefficient (Wildman–Crippen LogP) is 7.66. The molecule has 0 N–H and O–H groups in total. The van der Waals surface area contributed by atoms with Crippen LogP contribution in [0.25, 0.3) is 11.1 Å². The molecule has 0 aliphatic heterocycles. The van der Waals surface area contributed by atoms with Gasteiger partial charge in [0.15, 0.2) is 17.5 Å². The number of aryl methyl sites for hydroxylation is 1. The van der Waals surface area contributed by atoms with E-state index in [0.29, 0.717) is 30.4 Å². The van der Waals surface area contributed by atoms with E-state index in [2.05, 4.69) is 6.92 Å². The third-order valence-corrected chi connectivity index (χ3v) is 6.17. The first-order valence-corrected chi connectivity index (χ1v) is 10.6. The lowest BCUT2D eigenvalue weighted by atomic mass is 9.78. The second kappa shape index (κ2) is 8.81. The van der Waals surface area contributed by atoms with Gasteiger partial charge in [0.05, 0.1) is 0 Å². The fourth-order valence-electron chi connectivity index (χ4n) is 4.45. The number of hydrogen-bond acceptors (Lipinski definition) is 0. The second-order valence-corrected chi connectivity index (χ2v) is 8.22. The molecule has 1 aliphatic carbocycles. The lowest BCUT2D eigenvalue weighted by Crippen LogP contribution is -2.16. The van der Waals surface area contributed by atoms with E-state index in [4.69, 9.17) is 0 Å². The van der Waals surface area contributed by atoms with Gasteiger partial charge in [0, 0.05) is 5.56 Å². The Hall–Kier alpha value is -2.69. The molecule has 0 fully saturated rings. The van der Waals surface area contributed by atoms with Crippen LogP contribution in [0.3, 0.4) is 0 Å². The van der Waals surface area contributed by atoms with Crippen LogP contribution in [-0.4, -0.2) is 0 Å². The summed E-state index contributed by atoms with van der Waals surface area (Å²) in [5, 5.41) is 0. The van der Waals surface area contributed by atoms with E-state index in [1.807, 2.05) is 12.1 Å². The van der Waals surface area contributed by atoms with Crippen LogP contribution in [0.1, 0.15) is 54.4 Å². The van der Waals surface area contributed by atoms with Crippen LogP contribution in [-0.2, 0) is 19.3 Å². The molecule has 0 spiro atoms. The molecule has 31 heavy (non-hydrogen) atoms. The van der Waals surface area contributed by atoms with E-state index in [0.717, 1.165) is 42.5 Å². The summed E-state index contributed by atoms with van der Waals surface area (Å²) >= 11 is 0. The van der Waals surface area contributed by atoms with Crippen LogP contribution in [0.15, 0.2) is 42.5 Å². The van der Waals surface area contributed by atoms with Crippen LogP contribution in [0.4, 0.5) is 22.0 Å². The Morgan fingerprint density at radius 2 is 1.58 bits per heavy atom. The zero-order valence-electron chi connectivity index (χ0n) is 17.3. The molecule has 1 unspecified atom stereocenters. The molecule has 1 aliphatic rings. The Morgan fingerprint density at radius 3 is 2.26 bits per heavy atom. The molecule has 0 saturated heterocycles. The summed E-state index contributed by atoms with van der Waals surface area (Å²) in [5.41, 5.74) is 2.83. The number of fused-ring (bicyclic) bond motifs is 1. The zero-order chi connectivity index (χ0) is 22.1. The van der Waals surface area contributed by atoms with Crippen molar-refractivity contribution in [3.63, 3.8) is 0 Å². The van der Waals surface area contributed by atoms with Crippen molar-refractivity contribution in [2.75, 3.05) is 0 Å². The maximum Gasteiger partial charge on any atom is 0.194 e. The van der Waals surface area contributed by atoms with Crippen LogP contribution >= 0.6 is 0 Å². The fourth-order valence-corrected chi connectivity index (χ4v) is 4.45. The molecule has 162 valence electrons. The highest BCUT2D eigenvalue weighted by atomic mass is 19.2. The molecule has 0 aromatic heterocycles. The van der Waals surface area contributed by atoms with Gasteiger partial charge in [-0.3, -0.25) is 0 Å². The zero-order valence-corrected chi connectivity index (χ0v) is 17.3. The molecule has 0 radical (unpaired) electrons. The minimum absolute atomic E-state index is 0.0291. The van der Waals surface area contributed by atoms with E-state index in [-0.39, 0.29) is 22.9 Å². The van der Waals surface area contributed by atoms with Crippen molar-refractivity contribution in [1.29, 1.82) is 0 Å². The predicted molar refractivity (Wildman–Crippen MR) is 111 cm³/mol. The maximum absolute atomic E-state index is 15.2. The summed E-state index contributed by atoms with van der Waals surface area (Å²) in [4.78, 5) is 0. The van der Waals surface area contributed by atoms with Gasteiger partial charge in [-0.2, -0.15) is 0 Å². The lowest BCUT2D eigenvalue weighted by molar-refractivity contribution is 0.447. The van der Waals surface area contributed by atoms with Gasteiger partial charge in [-0.15, -0.1) is 0 Å². The van der Waals surface area contributed by atoms with Gasteiger partial charge in [-0.1, -0.05) is 37.6 Å². The van der Waals surface area contributed by atoms with E-state index >= 15 is 4.39 Å². The van der Waals surface area contributed by atoms with Crippen LogP contribution in [0, 0.1) is 29.1 Å². The lowest BCUT2D eigenvalue weighted by Gasteiger charge is -2.26. The summed E-state index contributed by atoms with van der Waals surface area (Å²) in [5.74, 6) is -5.13. The third kappa shape index (κ3) is 4.23. The van der Waals surface area contributed by atoms with Crippen molar-refractivity contribution in [1.82, 2.24) is 0 Å². The first kappa shape index (κ1) is 21.5. The molecule has 5 heteroatoms. The average Bonchev–Trinajstić information content (AvgIpc) is 2.76. The Balaban J connectivity index is 1.61. The van der Waals surface area contributed by atoms with Crippen LogP contribution in [0.5, 0.6) is 0 Å². The molecule has 3 aromatic rings. The van der Waals surface area contributed by atoms with Gasteiger partial charge in [0.25, 0.3) is 0 Å².